The third-order valence-corrected chi connectivity index (χ3v) is 3.68. The summed E-state index contributed by atoms with van der Waals surface area (Å²) in [6, 6.07) is 7.46. The molecule has 90 valence electrons. The van der Waals surface area contributed by atoms with Gasteiger partial charge >= 0.3 is 0 Å². The van der Waals surface area contributed by atoms with Crippen LogP contribution in [-0.2, 0) is 0 Å². The second-order valence-electron chi connectivity index (χ2n) is 3.73. The molecule has 0 unspecified atom stereocenters. The third kappa shape index (κ3) is 4.90. The van der Waals surface area contributed by atoms with E-state index in [1.165, 1.54) is 13.0 Å². The van der Waals surface area contributed by atoms with Gasteiger partial charge < -0.3 is 10.0 Å². The summed E-state index contributed by atoms with van der Waals surface area (Å²) in [7, 11) is 0. The smallest absolute Gasteiger partial charge is 0.116 e. The molecule has 3 heteroatoms. The van der Waals surface area contributed by atoms with Crippen LogP contribution in [0.2, 0.25) is 0 Å². The highest BCUT2D eigenvalue weighted by molar-refractivity contribution is 7.99. The Balaban J connectivity index is 2.20. The molecule has 1 N–H and O–H groups in total. The maximum absolute atomic E-state index is 9.31. The Bertz CT molecular complexity index is 300. The van der Waals surface area contributed by atoms with Crippen molar-refractivity contribution in [2.45, 2.75) is 25.2 Å². The number of aromatic hydroxyl groups is 1. The van der Waals surface area contributed by atoms with E-state index in [2.05, 4.69) is 18.7 Å². The highest BCUT2D eigenvalue weighted by Crippen LogP contribution is 2.22. The Morgan fingerprint density at radius 3 is 2.62 bits per heavy atom. The van der Waals surface area contributed by atoms with Gasteiger partial charge in [-0.05, 0) is 50.0 Å². The van der Waals surface area contributed by atoms with Crippen molar-refractivity contribution in [1.82, 2.24) is 4.90 Å². The van der Waals surface area contributed by atoms with Crippen LogP contribution >= 0.6 is 11.8 Å². The summed E-state index contributed by atoms with van der Waals surface area (Å²) in [6.45, 7) is 7.83. The van der Waals surface area contributed by atoms with Crippen LogP contribution in [-0.4, -0.2) is 35.4 Å². The highest BCUT2D eigenvalue weighted by Gasteiger charge is 1.99. The first-order valence-corrected chi connectivity index (χ1v) is 6.89. The van der Waals surface area contributed by atoms with E-state index >= 15 is 0 Å². The summed E-state index contributed by atoms with van der Waals surface area (Å²) < 4.78 is 0. The standard InChI is InChI=1S/C13H21NOS/c1-3-14(4-2)9-6-10-16-13-8-5-7-12(15)11-13/h5,7-8,11,15H,3-4,6,9-10H2,1-2H3. The average Bonchev–Trinajstić information content (AvgIpc) is 2.29. The van der Waals surface area contributed by atoms with Crippen LogP contribution in [0.1, 0.15) is 20.3 Å². The highest BCUT2D eigenvalue weighted by atomic mass is 32.2. The fraction of sp³-hybridized carbons (Fsp3) is 0.538. The number of phenolic OH excluding ortho intramolecular Hbond substituents is 1. The van der Waals surface area contributed by atoms with E-state index < -0.39 is 0 Å². The van der Waals surface area contributed by atoms with Crippen molar-refractivity contribution in [2.24, 2.45) is 0 Å². The lowest BCUT2D eigenvalue weighted by Gasteiger charge is -2.17. The first kappa shape index (κ1) is 13.4. The largest absolute Gasteiger partial charge is 0.508 e. The molecule has 0 fully saturated rings. The van der Waals surface area contributed by atoms with Gasteiger partial charge in [-0.2, -0.15) is 0 Å². The molecule has 0 aliphatic rings. The van der Waals surface area contributed by atoms with Gasteiger partial charge in [0, 0.05) is 4.90 Å². The van der Waals surface area contributed by atoms with Crippen molar-refractivity contribution < 1.29 is 5.11 Å². The van der Waals surface area contributed by atoms with Gasteiger partial charge in [-0.1, -0.05) is 19.9 Å². The predicted molar refractivity (Wildman–Crippen MR) is 71.2 cm³/mol. The molecule has 0 aliphatic carbocycles. The van der Waals surface area contributed by atoms with Crippen molar-refractivity contribution in [3.63, 3.8) is 0 Å². The van der Waals surface area contributed by atoms with Gasteiger partial charge in [0.05, 0.1) is 0 Å². The Morgan fingerprint density at radius 2 is 2.00 bits per heavy atom. The van der Waals surface area contributed by atoms with Gasteiger partial charge in [0.2, 0.25) is 0 Å². The second-order valence-corrected chi connectivity index (χ2v) is 4.89. The van der Waals surface area contributed by atoms with Crippen LogP contribution in [0.15, 0.2) is 29.2 Å². The van der Waals surface area contributed by atoms with Gasteiger partial charge in [0.25, 0.3) is 0 Å². The minimum Gasteiger partial charge on any atom is -0.508 e. The Labute approximate surface area is 103 Å². The number of hydrogen-bond donors (Lipinski definition) is 1. The van der Waals surface area contributed by atoms with Crippen LogP contribution in [0.25, 0.3) is 0 Å². The van der Waals surface area contributed by atoms with Crippen LogP contribution in [0.3, 0.4) is 0 Å². The summed E-state index contributed by atoms with van der Waals surface area (Å²) in [5.41, 5.74) is 0. The molecule has 0 amide bonds. The zero-order valence-electron chi connectivity index (χ0n) is 10.1. The number of phenols is 1. The zero-order chi connectivity index (χ0) is 11.8. The van der Waals surface area contributed by atoms with E-state index in [-0.39, 0.29) is 0 Å². The predicted octanol–water partition coefficient (Wildman–Crippen LogP) is 3.22. The lowest BCUT2D eigenvalue weighted by Crippen LogP contribution is -2.24. The van der Waals surface area contributed by atoms with E-state index in [1.807, 2.05) is 30.0 Å². The van der Waals surface area contributed by atoms with Gasteiger partial charge in [-0.15, -0.1) is 11.8 Å². The molecule has 0 heterocycles. The molecule has 16 heavy (non-hydrogen) atoms. The fourth-order valence-corrected chi connectivity index (χ4v) is 2.48. The molecule has 0 saturated heterocycles. The van der Waals surface area contributed by atoms with E-state index in [0.717, 1.165) is 23.7 Å². The van der Waals surface area contributed by atoms with Gasteiger partial charge in [-0.25, -0.2) is 0 Å². The summed E-state index contributed by atoms with van der Waals surface area (Å²) in [6.07, 6.45) is 1.20. The molecule has 0 aliphatic heterocycles. The number of benzene rings is 1. The minimum absolute atomic E-state index is 0.355. The van der Waals surface area contributed by atoms with E-state index in [4.69, 9.17) is 0 Å². The van der Waals surface area contributed by atoms with Crippen molar-refractivity contribution >= 4 is 11.8 Å². The zero-order valence-corrected chi connectivity index (χ0v) is 11.0. The van der Waals surface area contributed by atoms with Crippen LogP contribution in [0.5, 0.6) is 5.75 Å². The molecular formula is C13H21NOS. The topological polar surface area (TPSA) is 23.5 Å². The van der Waals surface area contributed by atoms with E-state index in [9.17, 15) is 5.11 Å². The molecular weight excluding hydrogens is 218 g/mol. The normalized spacial score (nSPS) is 10.9. The molecule has 0 saturated carbocycles. The number of thioether (sulfide) groups is 1. The molecule has 1 rings (SSSR count). The van der Waals surface area contributed by atoms with Crippen molar-refractivity contribution in [2.75, 3.05) is 25.4 Å². The van der Waals surface area contributed by atoms with Crippen molar-refractivity contribution in [3.8, 4) is 5.75 Å². The molecule has 0 spiro atoms. The van der Waals surface area contributed by atoms with Crippen LogP contribution in [0, 0.1) is 0 Å². The maximum Gasteiger partial charge on any atom is 0.116 e. The second kappa shape index (κ2) is 7.58. The molecule has 0 radical (unpaired) electrons. The summed E-state index contributed by atoms with van der Waals surface area (Å²) >= 11 is 1.81. The Morgan fingerprint density at radius 1 is 1.25 bits per heavy atom. The lowest BCUT2D eigenvalue weighted by atomic mass is 10.3. The summed E-state index contributed by atoms with van der Waals surface area (Å²) in [5.74, 6) is 1.47. The maximum atomic E-state index is 9.31. The molecule has 0 aromatic heterocycles. The van der Waals surface area contributed by atoms with Crippen molar-refractivity contribution in [3.05, 3.63) is 24.3 Å². The summed E-state index contributed by atoms with van der Waals surface area (Å²) in [5, 5.41) is 9.31. The quantitative estimate of drug-likeness (QED) is 0.584. The van der Waals surface area contributed by atoms with Crippen molar-refractivity contribution in [1.29, 1.82) is 0 Å². The Kier molecular flexibility index (Phi) is 6.34. The first-order chi connectivity index (χ1) is 7.76. The number of rotatable bonds is 7. The fourth-order valence-electron chi connectivity index (χ4n) is 1.59. The van der Waals surface area contributed by atoms with E-state index in [1.54, 1.807) is 6.07 Å². The molecule has 1 aromatic carbocycles. The monoisotopic (exact) mass is 239 g/mol. The molecule has 0 atom stereocenters. The molecule has 2 nitrogen and oxygen atoms in total. The lowest BCUT2D eigenvalue weighted by molar-refractivity contribution is 0.305. The van der Waals surface area contributed by atoms with Gasteiger partial charge in [0.1, 0.15) is 5.75 Å². The van der Waals surface area contributed by atoms with Crippen LogP contribution < -0.4 is 0 Å². The number of nitrogens with zero attached hydrogens (tertiary/aromatic N) is 1. The average molecular weight is 239 g/mol. The number of hydrogen-bond acceptors (Lipinski definition) is 3. The van der Waals surface area contributed by atoms with E-state index in [0.29, 0.717) is 5.75 Å². The first-order valence-electron chi connectivity index (χ1n) is 5.90. The SMILES string of the molecule is CCN(CC)CCCSc1cccc(O)c1. The van der Waals surface area contributed by atoms with Gasteiger partial charge in [-0.3, -0.25) is 0 Å². The van der Waals surface area contributed by atoms with Gasteiger partial charge in [0.15, 0.2) is 0 Å². The molecule has 0 bridgehead atoms. The molecule has 1 aromatic rings. The minimum atomic E-state index is 0.355. The third-order valence-electron chi connectivity index (χ3n) is 2.60. The Hall–Kier alpha value is -0.670. The summed E-state index contributed by atoms with van der Waals surface area (Å²) in [4.78, 5) is 3.59. The van der Waals surface area contributed by atoms with Crippen LogP contribution in [0.4, 0.5) is 0 Å².